The van der Waals surface area contributed by atoms with Gasteiger partial charge >= 0.3 is 0 Å². The number of aromatic nitrogens is 6. The predicted octanol–water partition coefficient (Wildman–Crippen LogP) is 2.71. The molecule has 0 aliphatic rings. The lowest BCUT2D eigenvalue weighted by atomic mass is 10.1. The van der Waals surface area contributed by atoms with Gasteiger partial charge in [-0.15, -0.1) is 5.10 Å². The van der Waals surface area contributed by atoms with Crippen LogP contribution in [-0.2, 0) is 6.42 Å². The molecule has 0 radical (unpaired) electrons. The van der Waals surface area contributed by atoms with Crippen LogP contribution in [-0.4, -0.2) is 34.7 Å². The second kappa shape index (κ2) is 9.75. The minimum Gasteiger partial charge on any atom is -0.502 e. The second-order valence-electron chi connectivity index (χ2n) is 5.48. The van der Waals surface area contributed by atoms with Crippen molar-refractivity contribution in [2.45, 2.75) is 27.2 Å². The van der Waals surface area contributed by atoms with E-state index in [2.05, 4.69) is 31.6 Å². The molecular formula is C20H21N7O2. The van der Waals surface area contributed by atoms with Crippen LogP contribution in [0.25, 0.3) is 17.2 Å². The highest BCUT2D eigenvalue weighted by atomic mass is 16.3. The third kappa shape index (κ3) is 4.81. The lowest BCUT2D eigenvalue weighted by molar-refractivity contribution is 0.463. The average Bonchev–Trinajstić information content (AvgIpc) is 3.18. The molecule has 0 saturated carbocycles. The van der Waals surface area contributed by atoms with Gasteiger partial charge in [-0.25, -0.2) is 14.5 Å². The van der Waals surface area contributed by atoms with Crippen molar-refractivity contribution < 1.29 is 5.11 Å². The first-order valence-corrected chi connectivity index (χ1v) is 8.95. The van der Waals surface area contributed by atoms with Crippen LogP contribution in [0.2, 0.25) is 0 Å². The van der Waals surface area contributed by atoms with Crippen LogP contribution in [0, 0.1) is 11.3 Å². The van der Waals surface area contributed by atoms with E-state index in [0.717, 1.165) is 11.8 Å². The first-order chi connectivity index (χ1) is 14.0. The zero-order valence-corrected chi connectivity index (χ0v) is 16.4. The van der Waals surface area contributed by atoms with Crippen LogP contribution in [0.3, 0.4) is 0 Å². The summed E-state index contributed by atoms with van der Waals surface area (Å²) in [5, 5.41) is 22.6. The number of rotatable bonds is 5. The molecule has 148 valence electrons. The Morgan fingerprint density at radius 3 is 2.79 bits per heavy atom. The van der Waals surface area contributed by atoms with E-state index >= 15 is 0 Å². The third-order valence-corrected chi connectivity index (χ3v) is 3.65. The standard InChI is InChI=1S/C18H15N7O2.C2H6/c1-3-5-6-11(4-2)7-12-17-22-15(8-19)24-25(17)10-13(21-12)16-20-9-14(26)18(27)23-16;1-2/h3-6,9-10,26H,2,7H2,1H3,(H,20,23,27);1-2H3/b5-3-,11-6+;. The first kappa shape index (κ1) is 21.2. The molecule has 0 atom stereocenters. The normalized spacial score (nSPS) is 11.2. The van der Waals surface area contributed by atoms with Crippen molar-refractivity contribution in [3.05, 3.63) is 70.7 Å². The molecule has 0 aliphatic heterocycles. The monoisotopic (exact) mass is 391 g/mol. The molecule has 3 rings (SSSR count). The Labute approximate surface area is 167 Å². The van der Waals surface area contributed by atoms with E-state index in [4.69, 9.17) is 5.26 Å². The minimum atomic E-state index is -0.681. The fourth-order valence-electron chi connectivity index (χ4n) is 2.36. The molecule has 0 bridgehead atoms. The number of nitrogens with zero attached hydrogens (tertiary/aromatic N) is 6. The van der Waals surface area contributed by atoms with Crippen LogP contribution in [0.15, 0.2) is 53.6 Å². The molecule has 3 aromatic heterocycles. The molecule has 0 fully saturated rings. The van der Waals surface area contributed by atoms with Gasteiger partial charge in [0.25, 0.3) is 11.4 Å². The largest absolute Gasteiger partial charge is 0.502 e. The molecule has 0 aromatic carbocycles. The summed E-state index contributed by atoms with van der Waals surface area (Å²) in [4.78, 5) is 26.8. The molecule has 0 unspecified atom stereocenters. The maximum Gasteiger partial charge on any atom is 0.293 e. The SMILES string of the molecule is C=C/C(=C\C=C/C)Cc1nc(-c2ncc(O)c(=O)[nH]2)cn2nc(C#N)nc12.CC. The van der Waals surface area contributed by atoms with E-state index < -0.39 is 11.3 Å². The molecule has 3 heterocycles. The van der Waals surface area contributed by atoms with E-state index in [1.54, 1.807) is 6.08 Å². The Bertz CT molecular complexity index is 1180. The van der Waals surface area contributed by atoms with E-state index in [0.29, 0.717) is 23.5 Å². The maximum atomic E-state index is 11.7. The Balaban J connectivity index is 0.00000145. The van der Waals surface area contributed by atoms with Gasteiger partial charge in [0.05, 0.1) is 18.1 Å². The van der Waals surface area contributed by atoms with Crippen molar-refractivity contribution in [1.82, 2.24) is 29.5 Å². The predicted molar refractivity (Wildman–Crippen MR) is 109 cm³/mol. The lowest BCUT2D eigenvalue weighted by Gasteiger charge is -2.07. The summed E-state index contributed by atoms with van der Waals surface area (Å²) < 4.78 is 1.42. The number of nitrogens with one attached hydrogen (secondary N) is 1. The number of aromatic amines is 1. The number of hydrogen-bond donors (Lipinski definition) is 2. The number of fused-ring (bicyclic) bond motifs is 1. The van der Waals surface area contributed by atoms with Crippen LogP contribution < -0.4 is 5.56 Å². The number of hydrogen-bond acceptors (Lipinski definition) is 7. The van der Waals surface area contributed by atoms with Crippen molar-refractivity contribution in [2.24, 2.45) is 0 Å². The molecule has 0 aliphatic carbocycles. The van der Waals surface area contributed by atoms with Gasteiger partial charge in [-0.05, 0) is 12.5 Å². The summed E-state index contributed by atoms with van der Waals surface area (Å²) in [6.45, 7) is 9.70. The summed E-state index contributed by atoms with van der Waals surface area (Å²) in [5.41, 5.74) is 1.48. The number of allylic oxidation sites excluding steroid dienone is 5. The summed E-state index contributed by atoms with van der Waals surface area (Å²) in [5.74, 6) is -0.330. The molecule has 9 nitrogen and oxygen atoms in total. The number of aromatic hydroxyl groups is 1. The highest BCUT2D eigenvalue weighted by Crippen LogP contribution is 2.18. The Kier molecular flexibility index (Phi) is 7.14. The van der Waals surface area contributed by atoms with E-state index in [1.165, 1.54) is 10.7 Å². The van der Waals surface area contributed by atoms with Gasteiger partial charge in [0.15, 0.2) is 17.2 Å². The molecule has 3 aromatic rings. The summed E-state index contributed by atoms with van der Waals surface area (Å²) in [6, 6.07) is 1.90. The van der Waals surface area contributed by atoms with Crippen molar-refractivity contribution in [1.29, 1.82) is 5.26 Å². The summed E-state index contributed by atoms with van der Waals surface area (Å²) >= 11 is 0. The van der Waals surface area contributed by atoms with E-state index in [1.807, 2.05) is 45.1 Å². The topological polar surface area (TPSA) is 133 Å². The van der Waals surface area contributed by atoms with Crippen molar-refractivity contribution in [3.63, 3.8) is 0 Å². The van der Waals surface area contributed by atoms with E-state index in [9.17, 15) is 9.90 Å². The van der Waals surface area contributed by atoms with E-state index in [-0.39, 0.29) is 11.6 Å². The molecule has 29 heavy (non-hydrogen) atoms. The third-order valence-electron chi connectivity index (χ3n) is 3.65. The fraction of sp³-hybridized carbons (Fsp3) is 0.200. The summed E-state index contributed by atoms with van der Waals surface area (Å²) in [6.07, 6.45) is 10.3. The number of nitriles is 1. The quantitative estimate of drug-likeness (QED) is 0.639. The number of H-pyrrole nitrogens is 1. The zero-order valence-electron chi connectivity index (χ0n) is 16.4. The van der Waals surface area contributed by atoms with Crippen LogP contribution >= 0.6 is 0 Å². The molecule has 0 saturated heterocycles. The maximum absolute atomic E-state index is 11.7. The van der Waals surface area contributed by atoms with Gasteiger partial charge in [0.1, 0.15) is 11.8 Å². The van der Waals surface area contributed by atoms with Gasteiger partial charge in [0, 0.05) is 6.42 Å². The smallest absolute Gasteiger partial charge is 0.293 e. The van der Waals surface area contributed by atoms with Gasteiger partial charge < -0.3 is 10.1 Å². The molecular weight excluding hydrogens is 370 g/mol. The van der Waals surface area contributed by atoms with Gasteiger partial charge in [-0.2, -0.15) is 10.2 Å². The lowest BCUT2D eigenvalue weighted by Crippen LogP contribution is -2.10. The minimum absolute atomic E-state index is 0.0000505. The van der Waals surface area contributed by atoms with Crippen LogP contribution in [0.5, 0.6) is 5.75 Å². The highest BCUT2D eigenvalue weighted by molar-refractivity contribution is 5.55. The Hall–Kier alpha value is -4.06. The first-order valence-electron chi connectivity index (χ1n) is 8.95. The van der Waals surface area contributed by atoms with Crippen molar-refractivity contribution in [2.75, 3.05) is 0 Å². The molecule has 0 amide bonds. The highest BCUT2D eigenvalue weighted by Gasteiger charge is 2.15. The van der Waals surface area contributed by atoms with Crippen molar-refractivity contribution >= 4 is 5.65 Å². The fourth-order valence-corrected chi connectivity index (χ4v) is 2.36. The molecule has 0 spiro atoms. The second-order valence-corrected chi connectivity index (χ2v) is 5.48. The van der Waals surface area contributed by atoms with Gasteiger partial charge in [0.2, 0.25) is 0 Å². The summed E-state index contributed by atoms with van der Waals surface area (Å²) in [7, 11) is 0. The van der Waals surface area contributed by atoms with Crippen LogP contribution in [0.1, 0.15) is 32.3 Å². The Morgan fingerprint density at radius 1 is 1.41 bits per heavy atom. The van der Waals surface area contributed by atoms with Gasteiger partial charge in [-0.3, -0.25) is 4.79 Å². The zero-order chi connectivity index (χ0) is 21.4. The van der Waals surface area contributed by atoms with Crippen molar-refractivity contribution in [3.8, 4) is 23.3 Å². The molecule has 9 heteroatoms. The average molecular weight is 391 g/mol. The Morgan fingerprint density at radius 2 is 2.17 bits per heavy atom. The van der Waals surface area contributed by atoms with Crippen LogP contribution in [0.4, 0.5) is 0 Å². The molecule has 2 N–H and O–H groups in total. The van der Waals surface area contributed by atoms with Gasteiger partial charge in [-0.1, -0.05) is 44.7 Å².